The van der Waals surface area contributed by atoms with Crippen molar-refractivity contribution in [3.05, 3.63) is 48.6 Å². The lowest BCUT2D eigenvalue weighted by Crippen LogP contribution is -2.40. The normalized spacial score (nSPS) is 15.5. The number of hydrogen-bond acceptors (Lipinski definition) is 13. The predicted octanol–water partition coefficient (Wildman–Crippen LogP) is 10.1. The molecule has 0 aliphatic rings. The van der Waals surface area contributed by atoms with Crippen molar-refractivity contribution in [3.8, 4) is 0 Å². The second-order valence-corrected chi connectivity index (χ2v) is 19.8. The van der Waals surface area contributed by atoms with Crippen LogP contribution < -0.4 is 5.73 Å². The molecular weight excluding hydrogens is 874 g/mol. The van der Waals surface area contributed by atoms with Crippen LogP contribution in [0.5, 0.6) is 0 Å². The second-order valence-electron chi connectivity index (χ2n) is 17.2. The van der Waals surface area contributed by atoms with Crippen molar-refractivity contribution in [2.24, 2.45) is 11.7 Å². The summed E-state index contributed by atoms with van der Waals surface area (Å²) in [6, 6.07) is -1.24. The molecule has 7 N–H and O–H groups in total. The van der Waals surface area contributed by atoms with E-state index in [1.165, 1.54) is 102 Å². The molecule has 0 aromatic heterocycles. The molecule has 0 aliphatic heterocycles. The number of allylic oxidation sites excluding steroid dienone is 7. The monoisotopic (exact) mass is 962 g/mol. The molecule has 6 atom stereocenters. The largest absolute Gasteiger partial charge is 0.481 e. The molecule has 0 radical (unpaired) electrons. The molecule has 14 nitrogen and oxygen atoms in total. The zero-order valence-electron chi connectivity index (χ0n) is 40.0. The van der Waals surface area contributed by atoms with Gasteiger partial charge in [-0.25, -0.2) is 4.57 Å². The number of carbonyl (C=O) groups is 3. The van der Waals surface area contributed by atoms with Gasteiger partial charge in [-0.3, -0.25) is 23.4 Å². The van der Waals surface area contributed by atoms with Crippen LogP contribution in [0.15, 0.2) is 48.6 Å². The predicted molar refractivity (Wildman–Crippen MR) is 261 cm³/mol. The summed E-state index contributed by atoms with van der Waals surface area (Å²) in [5.74, 6) is -1.66. The van der Waals surface area contributed by atoms with E-state index in [0.29, 0.717) is 6.42 Å². The topological polar surface area (TPSA) is 232 Å². The second kappa shape index (κ2) is 43.0. The molecule has 16 heteroatoms. The van der Waals surface area contributed by atoms with E-state index in [4.69, 9.17) is 34.5 Å². The van der Waals surface area contributed by atoms with E-state index in [2.05, 4.69) is 32.9 Å². The molecule has 0 aliphatic carbocycles. The van der Waals surface area contributed by atoms with Crippen LogP contribution in [0.2, 0.25) is 0 Å². The van der Waals surface area contributed by atoms with E-state index in [1.54, 1.807) is 18.2 Å². The first-order chi connectivity index (χ1) is 31.2. The Morgan fingerprint density at radius 3 is 1.91 bits per heavy atom. The molecule has 0 bridgehead atoms. The van der Waals surface area contributed by atoms with Gasteiger partial charge in [-0.1, -0.05) is 172 Å². The van der Waals surface area contributed by atoms with Gasteiger partial charge in [0, 0.05) is 23.8 Å². The smallest absolute Gasteiger partial charge is 0.472 e. The van der Waals surface area contributed by atoms with Gasteiger partial charge >= 0.3 is 25.7 Å². The standard InChI is InChI=1S/C49H88NO13PS/c1-4-5-6-7-8-9-10-16-19-22-25-28-33-46(45(53)32-30-34-47(54)55)65-40-44(50)49(57)63-43(39-62-64(58,59)61-37-42(52)36-51)38-60-48(56)35-29-26-23-20-17-14-12-11-13-15-18-21-24-27-31-41(2)3/h8-9,16,19,22,25,28,33,41-46,51-53H,4-7,10-15,17-18,20-21,23-24,26-27,29-32,34-40,50H2,1-3H3,(H,54,55)(H,58,59)/b9-8-,19-16-,25-22+,33-28+/t42-,43+,44-,45-,46+/m0/s1. The van der Waals surface area contributed by atoms with Crippen LogP contribution in [-0.4, -0.2) is 105 Å². The van der Waals surface area contributed by atoms with Gasteiger partial charge in [0.1, 0.15) is 18.8 Å². The molecule has 0 aromatic rings. The summed E-state index contributed by atoms with van der Waals surface area (Å²) in [5.41, 5.74) is 6.20. The fraction of sp³-hybridized carbons (Fsp3) is 0.776. The molecule has 65 heavy (non-hydrogen) atoms. The average Bonchev–Trinajstić information content (AvgIpc) is 3.27. The highest BCUT2D eigenvalue weighted by atomic mass is 32.2. The van der Waals surface area contributed by atoms with Crippen LogP contribution in [0.3, 0.4) is 0 Å². The molecule has 0 rings (SSSR count). The van der Waals surface area contributed by atoms with E-state index in [-0.39, 0.29) is 31.4 Å². The van der Waals surface area contributed by atoms with Gasteiger partial charge < -0.3 is 40.5 Å². The molecular formula is C49H88NO13PS. The molecule has 378 valence electrons. The molecule has 0 fully saturated rings. The number of aliphatic hydroxyl groups is 3. The van der Waals surface area contributed by atoms with E-state index < -0.39 is 81.8 Å². The Morgan fingerprint density at radius 2 is 1.31 bits per heavy atom. The number of nitrogens with two attached hydrogens (primary N) is 1. The average molecular weight is 962 g/mol. The number of carboxylic acids is 1. The van der Waals surface area contributed by atoms with Crippen molar-refractivity contribution in [2.75, 3.05) is 32.2 Å². The van der Waals surface area contributed by atoms with E-state index >= 15 is 0 Å². The lowest BCUT2D eigenvalue weighted by molar-refractivity contribution is -0.161. The minimum Gasteiger partial charge on any atom is -0.481 e. The molecule has 0 spiro atoms. The molecule has 0 heterocycles. The highest BCUT2D eigenvalue weighted by molar-refractivity contribution is 8.00. The van der Waals surface area contributed by atoms with Crippen molar-refractivity contribution < 1.29 is 62.8 Å². The van der Waals surface area contributed by atoms with Crippen LogP contribution in [-0.2, 0) is 37.5 Å². The SMILES string of the molecule is CCCCC/C=C\C\C=C/C=C/C=C/[C@@H](SC[C@H](N)C(=O)O[C@H](COC(=O)CCCCCCCCCCCCCCCCC(C)C)COP(=O)(O)OC[C@@H](O)CO)[C@@H](O)CCCC(=O)O. The van der Waals surface area contributed by atoms with E-state index in [9.17, 15) is 34.1 Å². The van der Waals surface area contributed by atoms with Crippen LogP contribution in [0.25, 0.3) is 0 Å². The van der Waals surface area contributed by atoms with Gasteiger partial charge in [0.05, 0.1) is 25.9 Å². The summed E-state index contributed by atoms with van der Waals surface area (Å²) in [5, 5.41) is 37.9. The Hall–Kier alpha value is -2.33. The van der Waals surface area contributed by atoms with Crippen LogP contribution in [0.4, 0.5) is 0 Å². The fourth-order valence-corrected chi connectivity index (χ4v) is 8.40. The summed E-state index contributed by atoms with van der Waals surface area (Å²) < 4.78 is 32.9. The van der Waals surface area contributed by atoms with Gasteiger partial charge in [-0.2, -0.15) is 0 Å². The number of esters is 2. The maximum Gasteiger partial charge on any atom is 0.472 e. The fourth-order valence-electron chi connectivity index (χ4n) is 6.48. The van der Waals surface area contributed by atoms with Gasteiger partial charge in [0.15, 0.2) is 6.10 Å². The van der Waals surface area contributed by atoms with Gasteiger partial charge in [-0.05, 0) is 44.4 Å². The molecule has 0 saturated carbocycles. The third-order valence-corrected chi connectivity index (χ3v) is 12.8. The van der Waals surface area contributed by atoms with Crippen molar-refractivity contribution in [1.29, 1.82) is 0 Å². The number of aliphatic carboxylic acids is 1. The van der Waals surface area contributed by atoms with E-state index in [0.717, 1.165) is 38.0 Å². The van der Waals surface area contributed by atoms with Crippen molar-refractivity contribution in [1.82, 2.24) is 0 Å². The first-order valence-corrected chi connectivity index (χ1v) is 26.9. The Labute approximate surface area is 395 Å². The van der Waals surface area contributed by atoms with Gasteiger partial charge in [0.25, 0.3) is 0 Å². The zero-order valence-corrected chi connectivity index (χ0v) is 41.7. The first kappa shape index (κ1) is 62.7. The summed E-state index contributed by atoms with van der Waals surface area (Å²) in [6.07, 6.45) is 35.5. The van der Waals surface area contributed by atoms with Crippen LogP contribution in [0, 0.1) is 5.92 Å². The number of unbranched alkanes of at least 4 members (excludes halogenated alkanes) is 16. The highest BCUT2D eigenvalue weighted by Crippen LogP contribution is 2.43. The number of carboxylic acid groups (broad SMARTS) is 1. The third-order valence-electron chi connectivity index (χ3n) is 10.4. The zero-order chi connectivity index (χ0) is 48.4. The van der Waals surface area contributed by atoms with Crippen molar-refractivity contribution in [2.45, 2.75) is 204 Å². The number of thioether (sulfide) groups is 1. The number of phosphoric acid groups is 1. The number of ether oxygens (including phenoxy) is 2. The minimum atomic E-state index is -4.78. The van der Waals surface area contributed by atoms with Gasteiger partial charge in [0.2, 0.25) is 0 Å². The first-order valence-electron chi connectivity index (χ1n) is 24.4. The summed E-state index contributed by atoms with van der Waals surface area (Å²) >= 11 is 1.17. The van der Waals surface area contributed by atoms with Crippen LogP contribution in [0.1, 0.15) is 175 Å². The number of aliphatic hydroxyl groups excluding tert-OH is 3. The maximum atomic E-state index is 13.2. The van der Waals surface area contributed by atoms with E-state index in [1.807, 2.05) is 18.2 Å². The van der Waals surface area contributed by atoms with Crippen molar-refractivity contribution in [3.63, 3.8) is 0 Å². The quantitative estimate of drug-likeness (QED) is 0.0110. The number of phosphoric ester groups is 1. The number of carbonyl (C=O) groups excluding carboxylic acids is 2. The molecule has 1 unspecified atom stereocenters. The Balaban J connectivity index is 5.10. The summed E-state index contributed by atoms with van der Waals surface area (Å²) in [7, 11) is -4.78. The Morgan fingerprint density at radius 1 is 0.708 bits per heavy atom. The Kier molecular flexibility index (Phi) is 41.4. The number of rotatable bonds is 45. The van der Waals surface area contributed by atoms with Crippen LogP contribution >= 0.6 is 19.6 Å². The minimum absolute atomic E-state index is 0.0230. The number of hydrogen-bond donors (Lipinski definition) is 6. The molecule has 0 aromatic carbocycles. The third kappa shape index (κ3) is 41.6. The lowest BCUT2D eigenvalue weighted by atomic mass is 10.0. The molecule has 0 saturated heterocycles. The Bertz CT molecular complexity index is 1360. The summed E-state index contributed by atoms with van der Waals surface area (Å²) in [6.45, 7) is 4.11. The highest BCUT2D eigenvalue weighted by Gasteiger charge is 2.29. The van der Waals surface area contributed by atoms with Crippen molar-refractivity contribution >= 4 is 37.5 Å². The van der Waals surface area contributed by atoms with Gasteiger partial charge in [-0.15, -0.1) is 11.8 Å². The molecule has 0 amide bonds. The lowest BCUT2D eigenvalue weighted by Gasteiger charge is -2.23. The maximum absolute atomic E-state index is 13.2. The summed E-state index contributed by atoms with van der Waals surface area (Å²) in [4.78, 5) is 47.0.